The molecule has 2 aromatic rings. The van der Waals surface area contributed by atoms with E-state index in [1.54, 1.807) is 13.8 Å². The average Bonchev–Trinajstić information content (AvgIpc) is 2.99. The number of benzene rings is 2. The molecule has 0 amide bonds. The Hall–Kier alpha value is -1.77. The van der Waals surface area contributed by atoms with E-state index in [9.17, 15) is 4.79 Å². The van der Waals surface area contributed by atoms with Crippen LogP contribution < -0.4 is 10.4 Å². The van der Waals surface area contributed by atoms with Gasteiger partial charge >= 0.3 is 5.97 Å². The van der Waals surface area contributed by atoms with Crippen molar-refractivity contribution in [1.82, 2.24) is 0 Å². The highest BCUT2D eigenvalue weighted by molar-refractivity contribution is 6.99. The Morgan fingerprint density at radius 2 is 1.35 bits per heavy atom. The predicted octanol–water partition coefficient (Wildman–Crippen LogP) is 5.09. The molecule has 46 heavy (non-hydrogen) atoms. The fourth-order valence-corrected chi connectivity index (χ4v) is 10.8. The lowest BCUT2D eigenvalue weighted by Gasteiger charge is -2.57. The third-order valence-corrected chi connectivity index (χ3v) is 14.1. The molecule has 2 heterocycles. The maximum atomic E-state index is 12.4. The van der Waals surface area contributed by atoms with Gasteiger partial charge in [-0.15, -0.1) is 0 Å². The SMILES string of the molecule is CO[C@@]1(C)O[C@@H]2[C@H](OC(C)=O)[C@@H](OC(=N)C(Cl)(Cl)Cl)O[C@H](CO[Si](c3ccccc3)(c3ccccc3)C(C)(C)C)[C@H]2O[C@]1(C)OC. The second kappa shape index (κ2) is 14.0. The van der Waals surface area contributed by atoms with E-state index in [2.05, 4.69) is 45.0 Å². The third kappa shape index (κ3) is 7.14. The Labute approximate surface area is 286 Å². The van der Waals surface area contributed by atoms with Crippen molar-refractivity contribution in [3.05, 3.63) is 60.7 Å². The van der Waals surface area contributed by atoms with E-state index < -0.39 is 66.3 Å². The molecule has 14 heteroatoms. The van der Waals surface area contributed by atoms with Crippen molar-refractivity contribution in [2.24, 2.45) is 0 Å². The van der Waals surface area contributed by atoms with Gasteiger partial charge in [-0.05, 0) is 29.3 Å². The summed E-state index contributed by atoms with van der Waals surface area (Å²) < 4.78 is 47.4. The number of carbonyl (C=O) groups excluding carboxylic acids is 1. The molecule has 7 atom stereocenters. The Morgan fingerprint density at radius 3 is 1.76 bits per heavy atom. The molecule has 4 rings (SSSR count). The molecule has 2 aromatic carbocycles. The largest absolute Gasteiger partial charge is 0.453 e. The van der Waals surface area contributed by atoms with Gasteiger partial charge in [0.25, 0.3) is 12.1 Å². The van der Waals surface area contributed by atoms with Crippen LogP contribution in [-0.4, -0.2) is 87.1 Å². The molecular weight excluding hydrogens is 677 g/mol. The molecule has 0 spiro atoms. The van der Waals surface area contributed by atoms with Crippen LogP contribution in [0, 0.1) is 5.41 Å². The summed E-state index contributed by atoms with van der Waals surface area (Å²) in [7, 11) is -0.150. The van der Waals surface area contributed by atoms with Crippen molar-refractivity contribution in [2.75, 3.05) is 20.8 Å². The highest BCUT2D eigenvalue weighted by atomic mass is 35.6. The maximum absolute atomic E-state index is 12.4. The fraction of sp³-hybridized carbons (Fsp3) is 0.562. The van der Waals surface area contributed by atoms with Crippen LogP contribution in [-0.2, 0) is 42.4 Å². The Bertz CT molecular complexity index is 1320. The molecule has 10 nitrogen and oxygen atoms in total. The van der Waals surface area contributed by atoms with Crippen LogP contribution in [0.15, 0.2) is 60.7 Å². The van der Waals surface area contributed by atoms with E-state index in [1.165, 1.54) is 21.1 Å². The van der Waals surface area contributed by atoms with Crippen LogP contribution in [0.4, 0.5) is 0 Å². The van der Waals surface area contributed by atoms with Gasteiger partial charge in [-0.2, -0.15) is 0 Å². The molecule has 0 unspecified atom stereocenters. The molecule has 0 bridgehead atoms. The second-order valence-electron chi connectivity index (χ2n) is 12.5. The summed E-state index contributed by atoms with van der Waals surface area (Å²) in [4.78, 5) is 12.4. The molecular formula is C32H42Cl3NO9Si. The summed E-state index contributed by atoms with van der Waals surface area (Å²) in [6.45, 7) is 11.0. The van der Waals surface area contributed by atoms with Gasteiger partial charge in [0.05, 0.1) is 6.61 Å². The minimum absolute atomic E-state index is 0.0188. The molecule has 0 aromatic heterocycles. The molecule has 254 valence electrons. The van der Waals surface area contributed by atoms with Gasteiger partial charge in [-0.25, -0.2) is 0 Å². The molecule has 0 saturated carbocycles. The van der Waals surface area contributed by atoms with Gasteiger partial charge in [0.1, 0.15) is 18.3 Å². The Morgan fingerprint density at radius 1 is 0.870 bits per heavy atom. The zero-order chi connectivity index (χ0) is 34.1. The first-order chi connectivity index (χ1) is 21.4. The number of fused-ring (bicyclic) bond motifs is 1. The van der Waals surface area contributed by atoms with Gasteiger partial charge in [0.2, 0.25) is 23.8 Å². The van der Waals surface area contributed by atoms with Gasteiger partial charge in [0, 0.05) is 21.1 Å². The molecule has 2 aliphatic rings. The van der Waals surface area contributed by atoms with Crippen molar-refractivity contribution in [1.29, 1.82) is 5.41 Å². The zero-order valence-corrected chi connectivity index (χ0v) is 30.4. The monoisotopic (exact) mass is 717 g/mol. The lowest BCUT2D eigenvalue weighted by atomic mass is 9.94. The van der Waals surface area contributed by atoms with E-state index >= 15 is 0 Å². The molecule has 0 aliphatic carbocycles. The van der Waals surface area contributed by atoms with Crippen molar-refractivity contribution in [3.8, 4) is 0 Å². The minimum Gasteiger partial charge on any atom is -0.453 e. The lowest BCUT2D eigenvalue weighted by Crippen LogP contribution is -2.74. The molecule has 0 radical (unpaired) electrons. The van der Waals surface area contributed by atoms with Crippen molar-refractivity contribution < 1.29 is 42.4 Å². The number of nitrogens with one attached hydrogen (secondary N) is 1. The number of hydrogen-bond donors (Lipinski definition) is 1. The van der Waals surface area contributed by atoms with Crippen LogP contribution in [0.3, 0.4) is 0 Å². The third-order valence-electron chi connectivity index (χ3n) is 8.59. The number of alkyl halides is 3. The smallest absolute Gasteiger partial charge is 0.303 e. The van der Waals surface area contributed by atoms with E-state index in [4.69, 9.17) is 77.8 Å². The standard InChI is InChI=1S/C32H42Cl3NO9Si/c1-20(37)41-26-25-24(44-30(5,38-7)31(6,39-8)45-25)23(42-27(26)43-28(36)32(33,34)35)19-40-46(29(2,3)4,21-15-11-9-12-16-21)22-17-13-10-14-18-22/h9-18,23-27,36H,19H2,1-8H3/t23-,24-,25+,26+,27-,30+,31+/m1/s1. The topological polar surface area (TPSA) is 115 Å². The second-order valence-corrected chi connectivity index (χ2v) is 19.1. The summed E-state index contributed by atoms with van der Waals surface area (Å²) >= 11 is 17.9. The van der Waals surface area contributed by atoms with Gasteiger partial charge < -0.3 is 37.6 Å². The summed E-state index contributed by atoms with van der Waals surface area (Å²) in [5.41, 5.74) is 0. The van der Waals surface area contributed by atoms with Gasteiger partial charge in [0.15, 0.2) is 6.10 Å². The van der Waals surface area contributed by atoms with Crippen molar-refractivity contribution in [2.45, 2.75) is 92.7 Å². The van der Waals surface area contributed by atoms with E-state index in [-0.39, 0.29) is 11.6 Å². The number of ether oxygens (including phenoxy) is 7. The van der Waals surface area contributed by atoms with Gasteiger partial charge in [-0.3, -0.25) is 10.2 Å². The van der Waals surface area contributed by atoms with Gasteiger partial charge in [-0.1, -0.05) is 116 Å². The fourth-order valence-electron chi connectivity index (χ4n) is 6.05. The molecule has 2 aliphatic heterocycles. The first kappa shape index (κ1) is 37.1. The average molecular weight is 719 g/mol. The molecule has 2 saturated heterocycles. The number of rotatable bonds is 9. The maximum Gasteiger partial charge on any atom is 0.303 e. The van der Waals surface area contributed by atoms with E-state index in [1.807, 2.05) is 36.4 Å². The molecule has 2 fully saturated rings. The number of halogens is 3. The zero-order valence-electron chi connectivity index (χ0n) is 27.2. The van der Waals surface area contributed by atoms with Crippen LogP contribution in [0.5, 0.6) is 0 Å². The van der Waals surface area contributed by atoms with E-state index in [0.717, 1.165) is 10.4 Å². The van der Waals surface area contributed by atoms with Crippen LogP contribution >= 0.6 is 34.8 Å². The first-order valence-corrected chi connectivity index (χ1v) is 17.8. The Kier molecular flexibility index (Phi) is 11.3. The van der Waals surface area contributed by atoms with Crippen LogP contribution in [0.25, 0.3) is 0 Å². The summed E-state index contributed by atoms with van der Waals surface area (Å²) in [5, 5.41) is 10.0. The quantitative estimate of drug-likeness (QED) is 0.125. The summed E-state index contributed by atoms with van der Waals surface area (Å²) in [5.74, 6) is -4.31. The highest BCUT2D eigenvalue weighted by Crippen LogP contribution is 2.45. The van der Waals surface area contributed by atoms with Crippen LogP contribution in [0.1, 0.15) is 41.5 Å². The minimum atomic E-state index is -3.06. The van der Waals surface area contributed by atoms with Crippen molar-refractivity contribution >= 4 is 65.4 Å². The molecule has 1 N–H and O–H groups in total. The highest BCUT2D eigenvalue weighted by Gasteiger charge is 2.64. The number of esters is 1. The number of methoxy groups -OCH3 is 2. The predicted molar refractivity (Wildman–Crippen MR) is 177 cm³/mol. The number of hydrogen-bond acceptors (Lipinski definition) is 10. The number of carbonyl (C=O) groups is 1. The van der Waals surface area contributed by atoms with Crippen LogP contribution in [0.2, 0.25) is 5.04 Å². The van der Waals surface area contributed by atoms with Crippen molar-refractivity contribution in [3.63, 3.8) is 0 Å². The normalized spacial score (nSPS) is 30.3. The first-order valence-electron chi connectivity index (χ1n) is 14.8. The summed E-state index contributed by atoms with van der Waals surface area (Å²) in [6, 6.07) is 20.2. The van der Waals surface area contributed by atoms with E-state index in [0.29, 0.717) is 0 Å². The Balaban J connectivity index is 1.83. The lowest BCUT2D eigenvalue weighted by molar-refractivity contribution is -0.477. The summed E-state index contributed by atoms with van der Waals surface area (Å²) in [6.07, 6.45) is -5.61.